The molecular weight excluding hydrogens is 328 g/mol. The third-order valence-electron chi connectivity index (χ3n) is 4.84. The summed E-state index contributed by atoms with van der Waals surface area (Å²) in [5.41, 5.74) is 2.09. The normalized spacial score (nSPS) is 20.0. The third-order valence-corrected chi connectivity index (χ3v) is 5.61. The summed E-state index contributed by atoms with van der Waals surface area (Å²) in [5, 5.41) is 0. The van der Waals surface area contributed by atoms with Gasteiger partial charge in [0.1, 0.15) is 10.3 Å². The van der Waals surface area contributed by atoms with Gasteiger partial charge in [0.2, 0.25) is 0 Å². The molecule has 0 saturated heterocycles. The molecule has 2 aliphatic carbocycles. The Hall–Kier alpha value is -1.42. The molecule has 108 valence electrons. The molecular formula is C17H17BrN2O. The summed E-state index contributed by atoms with van der Waals surface area (Å²) in [4.78, 5) is 20.2. The second-order valence-corrected chi connectivity index (χ2v) is 6.98. The van der Waals surface area contributed by atoms with Crippen molar-refractivity contribution in [2.75, 3.05) is 0 Å². The molecule has 2 aliphatic rings. The zero-order chi connectivity index (χ0) is 14.4. The average Bonchev–Trinajstić information content (AvgIpc) is 3.27. The van der Waals surface area contributed by atoms with Gasteiger partial charge in [-0.25, -0.2) is 4.98 Å². The highest BCUT2D eigenvalue weighted by atomic mass is 79.9. The number of nitrogens with zero attached hydrogens (tertiary/aromatic N) is 1. The van der Waals surface area contributed by atoms with E-state index in [0.29, 0.717) is 10.4 Å². The van der Waals surface area contributed by atoms with Crippen molar-refractivity contribution in [2.24, 2.45) is 0 Å². The molecule has 4 heteroatoms. The molecule has 2 saturated carbocycles. The highest BCUT2D eigenvalue weighted by molar-refractivity contribution is 9.10. The van der Waals surface area contributed by atoms with Gasteiger partial charge in [-0.3, -0.25) is 4.79 Å². The summed E-state index contributed by atoms with van der Waals surface area (Å²) in [6.07, 6.45) is 5.60. The van der Waals surface area contributed by atoms with Gasteiger partial charge >= 0.3 is 0 Å². The van der Waals surface area contributed by atoms with Gasteiger partial charge in [0.15, 0.2) is 0 Å². The minimum absolute atomic E-state index is 0.0379. The molecule has 0 bridgehead atoms. The van der Waals surface area contributed by atoms with E-state index in [1.807, 2.05) is 6.07 Å². The third kappa shape index (κ3) is 2.08. The van der Waals surface area contributed by atoms with Crippen LogP contribution in [0.4, 0.5) is 0 Å². The Morgan fingerprint density at radius 1 is 1.19 bits per heavy atom. The van der Waals surface area contributed by atoms with Crippen LogP contribution in [-0.2, 0) is 5.41 Å². The van der Waals surface area contributed by atoms with Gasteiger partial charge in [-0.15, -0.1) is 0 Å². The molecule has 1 aromatic carbocycles. The largest absolute Gasteiger partial charge is 0.309 e. The maximum Gasteiger partial charge on any atom is 0.265 e. The van der Waals surface area contributed by atoms with Crippen molar-refractivity contribution in [3.05, 3.63) is 62.2 Å². The number of halogens is 1. The second kappa shape index (κ2) is 4.80. The quantitative estimate of drug-likeness (QED) is 0.918. The van der Waals surface area contributed by atoms with Crippen molar-refractivity contribution >= 4 is 15.9 Å². The smallest absolute Gasteiger partial charge is 0.265 e. The van der Waals surface area contributed by atoms with Crippen LogP contribution in [-0.4, -0.2) is 9.97 Å². The number of hydrogen-bond acceptors (Lipinski definition) is 2. The summed E-state index contributed by atoms with van der Waals surface area (Å²) in [6, 6.07) is 10.5. The number of aromatic nitrogens is 2. The van der Waals surface area contributed by atoms with Crippen LogP contribution >= 0.6 is 15.9 Å². The first-order valence-electron chi connectivity index (χ1n) is 7.56. The highest BCUT2D eigenvalue weighted by Crippen LogP contribution is 2.48. The minimum Gasteiger partial charge on any atom is -0.309 e. The van der Waals surface area contributed by atoms with E-state index in [1.54, 1.807) is 0 Å². The van der Waals surface area contributed by atoms with E-state index in [9.17, 15) is 4.79 Å². The first-order chi connectivity index (χ1) is 10.2. The van der Waals surface area contributed by atoms with Crippen LogP contribution in [0.25, 0.3) is 0 Å². The van der Waals surface area contributed by atoms with Gasteiger partial charge in [0.05, 0.1) is 11.1 Å². The van der Waals surface area contributed by atoms with Crippen molar-refractivity contribution in [2.45, 2.75) is 43.4 Å². The first kappa shape index (κ1) is 13.3. The number of H-pyrrole nitrogens is 1. The summed E-state index contributed by atoms with van der Waals surface area (Å²) >= 11 is 3.41. The van der Waals surface area contributed by atoms with Crippen molar-refractivity contribution in [3.8, 4) is 0 Å². The molecule has 2 fully saturated rings. The molecule has 0 radical (unpaired) electrons. The van der Waals surface area contributed by atoms with Gasteiger partial charge in [0, 0.05) is 5.92 Å². The maximum absolute atomic E-state index is 12.3. The fraction of sp³-hybridized carbons (Fsp3) is 0.412. The van der Waals surface area contributed by atoms with Crippen LogP contribution in [0.5, 0.6) is 0 Å². The lowest BCUT2D eigenvalue weighted by Crippen LogP contribution is -2.39. The van der Waals surface area contributed by atoms with Gasteiger partial charge in [0.25, 0.3) is 5.56 Å². The minimum atomic E-state index is -0.0925. The van der Waals surface area contributed by atoms with Crippen molar-refractivity contribution in [1.29, 1.82) is 0 Å². The lowest BCUT2D eigenvalue weighted by molar-refractivity contribution is 0.283. The van der Waals surface area contributed by atoms with Crippen molar-refractivity contribution in [1.82, 2.24) is 9.97 Å². The number of nitrogens with one attached hydrogen (secondary N) is 1. The topological polar surface area (TPSA) is 45.8 Å². The molecule has 0 atom stereocenters. The average molecular weight is 345 g/mol. The molecule has 0 amide bonds. The molecule has 4 rings (SSSR count). The molecule has 0 spiro atoms. The summed E-state index contributed by atoms with van der Waals surface area (Å²) in [7, 11) is 0. The van der Waals surface area contributed by atoms with E-state index < -0.39 is 0 Å². The molecule has 1 N–H and O–H groups in total. The lowest BCUT2D eigenvalue weighted by atomic mass is 9.64. The van der Waals surface area contributed by atoms with Crippen LogP contribution in [0, 0.1) is 0 Å². The van der Waals surface area contributed by atoms with Crippen LogP contribution in [0.2, 0.25) is 0 Å². The molecule has 3 nitrogen and oxygen atoms in total. The Morgan fingerprint density at radius 3 is 2.48 bits per heavy atom. The van der Waals surface area contributed by atoms with Crippen LogP contribution < -0.4 is 5.56 Å². The summed E-state index contributed by atoms with van der Waals surface area (Å²) in [5.74, 6) is 1.32. The predicted molar refractivity (Wildman–Crippen MR) is 85.6 cm³/mol. The van der Waals surface area contributed by atoms with E-state index in [4.69, 9.17) is 4.98 Å². The highest BCUT2D eigenvalue weighted by Gasteiger charge is 2.43. The fourth-order valence-electron chi connectivity index (χ4n) is 3.28. The zero-order valence-corrected chi connectivity index (χ0v) is 13.3. The van der Waals surface area contributed by atoms with Crippen molar-refractivity contribution < 1.29 is 0 Å². The number of hydrogen-bond donors (Lipinski definition) is 1. The van der Waals surface area contributed by atoms with E-state index in [0.717, 1.165) is 37.2 Å². The summed E-state index contributed by atoms with van der Waals surface area (Å²) < 4.78 is 0.622. The lowest BCUT2D eigenvalue weighted by Gasteiger charge is -2.41. The van der Waals surface area contributed by atoms with Crippen LogP contribution in [0.15, 0.2) is 39.6 Å². The van der Waals surface area contributed by atoms with Crippen LogP contribution in [0.3, 0.4) is 0 Å². The molecule has 21 heavy (non-hydrogen) atoms. The van der Waals surface area contributed by atoms with E-state index in [1.165, 1.54) is 12.0 Å². The van der Waals surface area contributed by atoms with Crippen LogP contribution in [0.1, 0.15) is 55.1 Å². The van der Waals surface area contributed by atoms with E-state index >= 15 is 0 Å². The van der Waals surface area contributed by atoms with Gasteiger partial charge in [-0.1, -0.05) is 36.8 Å². The monoisotopic (exact) mass is 344 g/mol. The molecule has 0 unspecified atom stereocenters. The first-order valence-corrected chi connectivity index (χ1v) is 8.36. The molecule has 1 aromatic heterocycles. The van der Waals surface area contributed by atoms with Gasteiger partial charge in [-0.05, 0) is 47.2 Å². The number of benzene rings is 1. The van der Waals surface area contributed by atoms with E-state index in [2.05, 4.69) is 45.2 Å². The number of aromatic amines is 1. The Bertz CT molecular complexity index is 730. The van der Waals surface area contributed by atoms with Crippen molar-refractivity contribution in [3.63, 3.8) is 0 Å². The van der Waals surface area contributed by atoms with E-state index in [-0.39, 0.29) is 11.0 Å². The second-order valence-electron chi connectivity index (χ2n) is 6.19. The standard InChI is InChI=1S/C17H17BrN2O/c18-13-14(11-7-8-11)19-16(20-15(13)21)17(9-4-10-17)12-5-2-1-3-6-12/h1-3,5-6,11H,4,7-10H2,(H,19,20,21). The zero-order valence-electron chi connectivity index (χ0n) is 11.7. The van der Waals surface area contributed by atoms with Gasteiger partial charge < -0.3 is 4.98 Å². The molecule has 0 aliphatic heterocycles. The van der Waals surface area contributed by atoms with Gasteiger partial charge in [-0.2, -0.15) is 0 Å². The summed E-state index contributed by atoms with van der Waals surface area (Å²) in [6.45, 7) is 0. The Labute approximate surface area is 131 Å². The molecule has 2 aromatic rings. The SMILES string of the molecule is O=c1[nH]c(C2(c3ccccc3)CCC2)nc(C2CC2)c1Br. The Balaban J connectivity index is 1.87. The Morgan fingerprint density at radius 2 is 1.90 bits per heavy atom. The molecule has 1 heterocycles. The number of rotatable bonds is 3. The fourth-order valence-corrected chi connectivity index (χ4v) is 3.79. The predicted octanol–water partition coefficient (Wildman–Crippen LogP) is 3.88. The maximum atomic E-state index is 12.3. The Kier molecular flexibility index (Phi) is 3.03.